The summed E-state index contributed by atoms with van der Waals surface area (Å²) < 4.78 is 0. The van der Waals surface area contributed by atoms with Crippen molar-refractivity contribution in [2.45, 2.75) is 26.2 Å². The van der Waals surface area contributed by atoms with Gasteiger partial charge in [-0.05, 0) is 37.8 Å². The van der Waals surface area contributed by atoms with Gasteiger partial charge in [0.15, 0.2) is 0 Å². The number of allylic oxidation sites excluding steroid dienone is 1. The maximum Gasteiger partial charge on any atom is 0.231 e. The number of rotatable bonds is 1. The number of carbonyl (C=O) groups is 1. The fourth-order valence-electron chi connectivity index (χ4n) is 1.35. The van der Waals surface area contributed by atoms with Gasteiger partial charge < -0.3 is 0 Å². The zero-order valence-electron chi connectivity index (χ0n) is 6.11. The highest BCUT2D eigenvalue weighted by Gasteiger charge is 2.38. The van der Waals surface area contributed by atoms with Gasteiger partial charge in [0.2, 0.25) is 5.24 Å². The van der Waals surface area contributed by atoms with Crippen molar-refractivity contribution in [1.82, 2.24) is 0 Å². The van der Waals surface area contributed by atoms with Crippen LogP contribution in [0.2, 0.25) is 0 Å². The fourth-order valence-corrected chi connectivity index (χ4v) is 1.57. The van der Waals surface area contributed by atoms with Gasteiger partial charge in [0.05, 0.1) is 5.41 Å². The lowest BCUT2D eigenvalue weighted by Gasteiger charge is -2.18. The average Bonchev–Trinajstić information content (AvgIpc) is 2.15. The lowest BCUT2D eigenvalue weighted by molar-refractivity contribution is -0.117. The smallest absolute Gasteiger partial charge is 0.231 e. The van der Waals surface area contributed by atoms with Gasteiger partial charge in [0.1, 0.15) is 0 Å². The van der Waals surface area contributed by atoms with E-state index < -0.39 is 5.41 Å². The first-order valence-electron chi connectivity index (χ1n) is 3.45. The van der Waals surface area contributed by atoms with Crippen LogP contribution in [0.5, 0.6) is 0 Å². The van der Waals surface area contributed by atoms with Crippen molar-refractivity contribution in [2.75, 3.05) is 0 Å². The second kappa shape index (κ2) is 2.39. The van der Waals surface area contributed by atoms with E-state index in [0.717, 1.165) is 24.8 Å². The van der Waals surface area contributed by atoms with Crippen LogP contribution < -0.4 is 0 Å². The standard InChI is InChI=1S/C8H11ClO/c1-6-4-3-5-8(6,2)7(9)10/h1,3-5H2,2H3. The Labute approximate surface area is 66.1 Å². The molecule has 1 aliphatic carbocycles. The van der Waals surface area contributed by atoms with Crippen LogP contribution in [-0.4, -0.2) is 5.24 Å². The molecular formula is C8H11ClO. The van der Waals surface area contributed by atoms with Crippen LogP contribution in [0.4, 0.5) is 0 Å². The minimum Gasteiger partial charge on any atom is -0.280 e. The number of carbonyl (C=O) groups excluding carboxylic acids is 1. The molecule has 1 rings (SSSR count). The highest BCUT2D eigenvalue weighted by Crippen LogP contribution is 2.42. The van der Waals surface area contributed by atoms with E-state index in [2.05, 4.69) is 6.58 Å². The first kappa shape index (κ1) is 7.80. The summed E-state index contributed by atoms with van der Waals surface area (Å²) in [5.74, 6) is 0. The number of halogens is 1. The minimum absolute atomic E-state index is 0.255. The molecule has 1 fully saturated rings. The van der Waals surface area contributed by atoms with Gasteiger partial charge in [-0.3, -0.25) is 4.79 Å². The van der Waals surface area contributed by atoms with E-state index in [-0.39, 0.29) is 5.24 Å². The van der Waals surface area contributed by atoms with Crippen molar-refractivity contribution in [1.29, 1.82) is 0 Å². The van der Waals surface area contributed by atoms with Crippen LogP contribution in [0, 0.1) is 5.41 Å². The van der Waals surface area contributed by atoms with Gasteiger partial charge in [-0.1, -0.05) is 12.2 Å². The molecule has 1 saturated carbocycles. The highest BCUT2D eigenvalue weighted by molar-refractivity contribution is 6.65. The molecule has 0 amide bonds. The molecule has 0 radical (unpaired) electrons. The summed E-state index contributed by atoms with van der Waals surface area (Å²) >= 11 is 5.42. The first-order valence-corrected chi connectivity index (χ1v) is 3.83. The molecule has 0 N–H and O–H groups in total. The molecule has 0 saturated heterocycles. The predicted molar refractivity (Wildman–Crippen MR) is 42.0 cm³/mol. The zero-order chi connectivity index (χ0) is 7.78. The van der Waals surface area contributed by atoms with Crippen LogP contribution in [0.15, 0.2) is 12.2 Å². The van der Waals surface area contributed by atoms with Crippen molar-refractivity contribution in [3.8, 4) is 0 Å². The normalized spacial score (nSPS) is 32.8. The van der Waals surface area contributed by atoms with Crippen molar-refractivity contribution in [3.05, 3.63) is 12.2 Å². The molecule has 0 aliphatic heterocycles. The molecule has 0 aromatic heterocycles. The average molecular weight is 159 g/mol. The van der Waals surface area contributed by atoms with Crippen LogP contribution in [0.3, 0.4) is 0 Å². The summed E-state index contributed by atoms with van der Waals surface area (Å²) in [7, 11) is 0. The second-order valence-electron chi connectivity index (χ2n) is 3.06. The van der Waals surface area contributed by atoms with Crippen molar-refractivity contribution in [3.63, 3.8) is 0 Å². The fraction of sp³-hybridized carbons (Fsp3) is 0.625. The summed E-state index contributed by atoms with van der Waals surface area (Å²) in [5.41, 5.74) is 0.578. The van der Waals surface area contributed by atoms with Gasteiger partial charge in [0, 0.05) is 0 Å². The van der Waals surface area contributed by atoms with Crippen molar-refractivity contribution in [2.24, 2.45) is 5.41 Å². The largest absolute Gasteiger partial charge is 0.280 e. The Morgan fingerprint density at radius 2 is 2.40 bits per heavy atom. The number of hydrogen-bond acceptors (Lipinski definition) is 1. The van der Waals surface area contributed by atoms with Gasteiger partial charge in [-0.15, -0.1) is 0 Å². The Kier molecular flexibility index (Phi) is 1.86. The molecule has 0 bridgehead atoms. The van der Waals surface area contributed by atoms with E-state index >= 15 is 0 Å². The van der Waals surface area contributed by atoms with Gasteiger partial charge in [-0.2, -0.15) is 0 Å². The summed E-state index contributed by atoms with van der Waals surface area (Å²) in [5, 5.41) is -0.255. The van der Waals surface area contributed by atoms with E-state index in [0.29, 0.717) is 0 Å². The Bertz CT molecular complexity index is 186. The molecule has 2 heteroatoms. The van der Waals surface area contributed by atoms with Gasteiger partial charge >= 0.3 is 0 Å². The molecule has 0 aromatic rings. The third kappa shape index (κ3) is 0.988. The van der Waals surface area contributed by atoms with Gasteiger partial charge in [0.25, 0.3) is 0 Å². The third-order valence-corrected chi connectivity index (χ3v) is 2.79. The molecule has 10 heavy (non-hydrogen) atoms. The summed E-state index contributed by atoms with van der Waals surface area (Å²) in [6.07, 6.45) is 2.87. The van der Waals surface area contributed by atoms with E-state index in [1.165, 1.54) is 0 Å². The van der Waals surface area contributed by atoms with Gasteiger partial charge in [-0.25, -0.2) is 0 Å². The first-order chi connectivity index (χ1) is 4.57. The van der Waals surface area contributed by atoms with Crippen LogP contribution >= 0.6 is 11.6 Å². The molecule has 1 nitrogen and oxygen atoms in total. The Balaban J connectivity index is 2.86. The molecule has 1 atom stereocenters. The molecule has 0 spiro atoms. The van der Waals surface area contributed by atoms with E-state index in [9.17, 15) is 4.79 Å². The SMILES string of the molecule is C=C1CCCC1(C)C(=O)Cl. The summed E-state index contributed by atoms with van der Waals surface area (Å²) in [6.45, 7) is 5.70. The monoisotopic (exact) mass is 158 g/mol. The maximum absolute atomic E-state index is 10.9. The summed E-state index contributed by atoms with van der Waals surface area (Å²) in [6, 6.07) is 0. The second-order valence-corrected chi connectivity index (χ2v) is 3.41. The van der Waals surface area contributed by atoms with Crippen molar-refractivity contribution < 1.29 is 4.79 Å². The topological polar surface area (TPSA) is 17.1 Å². The molecule has 1 aliphatic rings. The third-order valence-electron chi connectivity index (χ3n) is 2.37. The van der Waals surface area contributed by atoms with Crippen LogP contribution in [0.25, 0.3) is 0 Å². The van der Waals surface area contributed by atoms with Crippen molar-refractivity contribution >= 4 is 16.8 Å². The van der Waals surface area contributed by atoms with E-state index in [4.69, 9.17) is 11.6 Å². The molecule has 1 unspecified atom stereocenters. The van der Waals surface area contributed by atoms with Crippen LogP contribution in [0.1, 0.15) is 26.2 Å². The van der Waals surface area contributed by atoms with E-state index in [1.54, 1.807) is 0 Å². The Morgan fingerprint density at radius 1 is 1.80 bits per heavy atom. The lowest BCUT2D eigenvalue weighted by Crippen LogP contribution is -2.20. The maximum atomic E-state index is 10.9. The molecule has 56 valence electrons. The summed E-state index contributed by atoms with van der Waals surface area (Å²) in [4.78, 5) is 10.9. The zero-order valence-corrected chi connectivity index (χ0v) is 6.87. The highest BCUT2D eigenvalue weighted by atomic mass is 35.5. The quantitative estimate of drug-likeness (QED) is 0.423. The van der Waals surface area contributed by atoms with Crippen LogP contribution in [-0.2, 0) is 4.79 Å². The van der Waals surface area contributed by atoms with E-state index in [1.807, 2.05) is 6.92 Å². The molecule has 0 heterocycles. The Morgan fingerprint density at radius 3 is 2.60 bits per heavy atom. The lowest BCUT2D eigenvalue weighted by atomic mass is 9.87. The number of hydrogen-bond donors (Lipinski definition) is 0. The molecule has 0 aromatic carbocycles. The Hall–Kier alpha value is -0.300. The predicted octanol–water partition coefficient (Wildman–Crippen LogP) is 2.50. The molecular weight excluding hydrogens is 148 g/mol. The minimum atomic E-state index is -0.415.